The van der Waals surface area contributed by atoms with Gasteiger partial charge in [-0.05, 0) is 24.7 Å². The number of nitrogens with one attached hydrogen (secondary N) is 1. The van der Waals surface area contributed by atoms with Gasteiger partial charge in [0.15, 0.2) is 5.65 Å². The van der Waals surface area contributed by atoms with Crippen LogP contribution in [0.5, 0.6) is 0 Å². The average molecular weight is 308 g/mol. The molecule has 1 aromatic carbocycles. The Morgan fingerprint density at radius 3 is 3.00 bits per heavy atom. The Morgan fingerprint density at radius 1 is 1.39 bits per heavy atom. The maximum atomic E-state index is 12.0. The number of aryl methyl sites for hydroxylation is 1. The maximum absolute atomic E-state index is 12.0. The number of rotatable bonds is 4. The normalized spacial score (nSPS) is 11.0. The molecule has 0 unspecified atom stereocenters. The molecule has 0 atom stereocenters. The van der Waals surface area contributed by atoms with E-state index >= 15 is 0 Å². The van der Waals surface area contributed by atoms with E-state index in [2.05, 4.69) is 21.1 Å². The van der Waals surface area contributed by atoms with E-state index in [1.54, 1.807) is 17.8 Å². The van der Waals surface area contributed by atoms with E-state index in [0.717, 1.165) is 5.56 Å². The summed E-state index contributed by atoms with van der Waals surface area (Å²) in [5, 5.41) is 13.5. The van der Waals surface area contributed by atoms with Crippen molar-refractivity contribution in [1.29, 1.82) is 5.26 Å². The highest BCUT2D eigenvalue weighted by Gasteiger charge is 2.10. The fourth-order valence-corrected chi connectivity index (χ4v) is 2.52. The first kappa shape index (κ1) is 14.9. The van der Waals surface area contributed by atoms with Gasteiger partial charge in [0.1, 0.15) is 11.2 Å². The quantitative estimate of drug-likeness (QED) is 0.781. The van der Waals surface area contributed by atoms with E-state index in [0.29, 0.717) is 35.5 Å². The van der Waals surface area contributed by atoms with Crippen molar-refractivity contribution < 1.29 is 0 Å². The van der Waals surface area contributed by atoms with Gasteiger partial charge in [-0.1, -0.05) is 12.1 Å². The molecule has 0 aliphatic rings. The van der Waals surface area contributed by atoms with E-state index < -0.39 is 0 Å². The van der Waals surface area contributed by atoms with Gasteiger partial charge in [-0.15, -0.1) is 0 Å². The Balaban J connectivity index is 1.80. The highest BCUT2D eigenvalue weighted by molar-refractivity contribution is 5.72. The molecule has 1 N–H and O–H groups in total. The molecule has 0 fully saturated rings. The standard InChI is InChI=1S/C16H16N6O/c1-21(9-12-5-3-4-11(6-12)7-17)10-14-19-15-13(16(23)20-14)8-18-22(15)2/h3-6,8H,9-10H2,1-2H3,(H,19,20,23). The topological polar surface area (TPSA) is 90.6 Å². The molecule has 3 rings (SSSR count). The van der Waals surface area contributed by atoms with Crippen LogP contribution in [-0.2, 0) is 20.1 Å². The molecule has 23 heavy (non-hydrogen) atoms. The van der Waals surface area contributed by atoms with Crippen molar-refractivity contribution in [3.8, 4) is 6.07 Å². The van der Waals surface area contributed by atoms with E-state index in [1.165, 1.54) is 6.20 Å². The summed E-state index contributed by atoms with van der Waals surface area (Å²) in [4.78, 5) is 21.3. The van der Waals surface area contributed by atoms with Crippen LogP contribution in [0, 0.1) is 11.3 Å². The highest BCUT2D eigenvalue weighted by atomic mass is 16.1. The van der Waals surface area contributed by atoms with Crippen molar-refractivity contribution in [1.82, 2.24) is 24.6 Å². The zero-order valence-corrected chi connectivity index (χ0v) is 12.9. The highest BCUT2D eigenvalue weighted by Crippen LogP contribution is 2.09. The van der Waals surface area contributed by atoms with Crippen molar-refractivity contribution in [2.75, 3.05) is 7.05 Å². The molecule has 0 amide bonds. The van der Waals surface area contributed by atoms with Gasteiger partial charge in [0.2, 0.25) is 0 Å². The van der Waals surface area contributed by atoms with Gasteiger partial charge in [-0.3, -0.25) is 14.4 Å². The maximum Gasteiger partial charge on any atom is 0.262 e. The van der Waals surface area contributed by atoms with E-state index in [-0.39, 0.29) is 5.56 Å². The molecular formula is C16H16N6O. The summed E-state index contributed by atoms with van der Waals surface area (Å²) in [6.07, 6.45) is 1.52. The third-order valence-electron chi connectivity index (χ3n) is 3.58. The van der Waals surface area contributed by atoms with Crippen LogP contribution in [0.4, 0.5) is 0 Å². The molecule has 0 aliphatic carbocycles. The van der Waals surface area contributed by atoms with Gasteiger partial charge in [0.25, 0.3) is 5.56 Å². The van der Waals surface area contributed by atoms with Gasteiger partial charge in [-0.25, -0.2) is 4.98 Å². The lowest BCUT2D eigenvalue weighted by atomic mass is 10.1. The molecule has 2 heterocycles. The Hall–Kier alpha value is -2.98. The fourth-order valence-electron chi connectivity index (χ4n) is 2.52. The zero-order chi connectivity index (χ0) is 16.4. The van der Waals surface area contributed by atoms with Gasteiger partial charge >= 0.3 is 0 Å². The summed E-state index contributed by atoms with van der Waals surface area (Å²) in [5.74, 6) is 0.588. The first-order chi connectivity index (χ1) is 11.1. The molecule has 116 valence electrons. The first-order valence-electron chi connectivity index (χ1n) is 7.15. The second kappa shape index (κ2) is 6.02. The molecule has 0 radical (unpaired) electrons. The van der Waals surface area contributed by atoms with Gasteiger partial charge in [0.05, 0.1) is 24.4 Å². The predicted molar refractivity (Wildman–Crippen MR) is 85.5 cm³/mol. The number of nitrogens with zero attached hydrogens (tertiary/aromatic N) is 5. The van der Waals surface area contributed by atoms with Crippen LogP contribution in [0.3, 0.4) is 0 Å². The lowest BCUT2D eigenvalue weighted by Gasteiger charge is -2.16. The summed E-state index contributed by atoms with van der Waals surface area (Å²) >= 11 is 0. The van der Waals surface area contributed by atoms with Crippen molar-refractivity contribution >= 4 is 11.0 Å². The van der Waals surface area contributed by atoms with E-state index in [4.69, 9.17) is 5.26 Å². The number of aromatic amines is 1. The smallest absolute Gasteiger partial charge is 0.262 e. The number of fused-ring (bicyclic) bond motifs is 1. The van der Waals surface area contributed by atoms with E-state index in [9.17, 15) is 4.79 Å². The monoisotopic (exact) mass is 308 g/mol. The molecule has 0 saturated heterocycles. The minimum Gasteiger partial charge on any atom is -0.309 e. The van der Waals surface area contributed by atoms with Crippen LogP contribution in [0.15, 0.2) is 35.3 Å². The third-order valence-corrected chi connectivity index (χ3v) is 3.58. The molecule has 3 aromatic rings. The fraction of sp³-hybridized carbons (Fsp3) is 0.250. The number of aromatic nitrogens is 4. The van der Waals surface area contributed by atoms with Crippen LogP contribution in [-0.4, -0.2) is 31.7 Å². The van der Waals surface area contributed by atoms with Crippen molar-refractivity contribution in [2.45, 2.75) is 13.1 Å². The SMILES string of the molecule is CN(Cc1cccc(C#N)c1)Cc1nc2c(cnn2C)c(=O)[nH]1. The molecular weight excluding hydrogens is 292 g/mol. The Labute approximate surface area is 132 Å². The number of H-pyrrole nitrogens is 1. The van der Waals surface area contributed by atoms with Gasteiger partial charge in [0, 0.05) is 13.6 Å². The summed E-state index contributed by atoms with van der Waals surface area (Å²) in [6, 6.07) is 9.60. The summed E-state index contributed by atoms with van der Waals surface area (Å²) in [5.41, 5.74) is 2.07. The molecule has 2 aromatic heterocycles. The second-order valence-corrected chi connectivity index (χ2v) is 5.50. The van der Waals surface area contributed by atoms with Crippen molar-refractivity contribution in [3.05, 3.63) is 57.8 Å². The van der Waals surface area contributed by atoms with Gasteiger partial charge in [-0.2, -0.15) is 10.4 Å². The van der Waals surface area contributed by atoms with Crippen LogP contribution < -0.4 is 5.56 Å². The van der Waals surface area contributed by atoms with Crippen LogP contribution in [0.2, 0.25) is 0 Å². The minimum atomic E-state index is -0.182. The Bertz CT molecular complexity index is 949. The summed E-state index contributed by atoms with van der Waals surface area (Å²) < 4.78 is 1.59. The van der Waals surface area contributed by atoms with Crippen LogP contribution in [0.25, 0.3) is 11.0 Å². The molecule has 0 aliphatic heterocycles. The average Bonchev–Trinajstić information content (AvgIpc) is 2.89. The zero-order valence-electron chi connectivity index (χ0n) is 12.9. The summed E-state index contributed by atoms with van der Waals surface area (Å²) in [7, 11) is 3.70. The minimum absolute atomic E-state index is 0.182. The number of benzene rings is 1. The largest absolute Gasteiger partial charge is 0.309 e. The second-order valence-electron chi connectivity index (χ2n) is 5.50. The van der Waals surface area contributed by atoms with Crippen LogP contribution in [0.1, 0.15) is 17.0 Å². The Kier molecular flexibility index (Phi) is 3.91. The lowest BCUT2D eigenvalue weighted by molar-refractivity contribution is 0.310. The van der Waals surface area contributed by atoms with Crippen LogP contribution >= 0.6 is 0 Å². The van der Waals surface area contributed by atoms with E-state index in [1.807, 2.05) is 30.1 Å². The molecule has 0 bridgehead atoms. The Morgan fingerprint density at radius 2 is 2.22 bits per heavy atom. The molecule has 0 spiro atoms. The molecule has 0 saturated carbocycles. The number of hydrogen-bond donors (Lipinski definition) is 1. The van der Waals surface area contributed by atoms with Crippen molar-refractivity contribution in [2.24, 2.45) is 7.05 Å². The summed E-state index contributed by atoms with van der Waals surface area (Å²) in [6.45, 7) is 1.15. The first-order valence-corrected chi connectivity index (χ1v) is 7.15. The third kappa shape index (κ3) is 3.12. The number of hydrogen-bond acceptors (Lipinski definition) is 5. The van der Waals surface area contributed by atoms with Gasteiger partial charge < -0.3 is 4.98 Å². The molecule has 7 nitrogen and oxygen atoms in total. The number of nitriles is 1. The van der Waals surface area contributed by atoms with Crippen molar-refractivity contribution in [3.63, 3.8) is 0 Å². The molecule has 7 heteroatoms. The predicted octanol–water partition coefficient (Wildman–Crippen LogP) is 1.16. The lowest BCUT2D eigenvalue weighted by Crippen LogP contribution is -2.22.